The zero-order chi connectivity index (χ0) is 14.8. The molecule has 1 aliphatic heterocycles. The molecule has 0 unspecified atom stereocenters. The van der Waals surface area contributed by atoms with Gasteiger partial charge in [-0.25, -0.2) is 4.98 Å². The van der Waals surface area contributed by atoms with E-state index in [1.54, 1.807) is 10.3 Å². The number of carbonyl (C=O) groups is 1. The van der Waals surface area contributed by atoms with Gasteiger partial charge in [0.25, 0.3) is 5.91 Å². The van der Waals surface area contributed by atoms with Gasteiger partial charge in [-0.1, -0.05) is 0 Å². The number of carbonyl (C=O) groups excluding carboxylic acids is 1. The van der Waals surface area contributed by atoms with E-state index in [-0.39, 0.29) is 12.7 Å². The number of thiazole rings is 1. The van der Waals surface area contributed by atoms with E-state index < -0.39 is 0 Å². The van der Waals surface area contributed by atoms with Crippen LogP contribution >= 0.6 is 11.3 Å². The number of amides is 1. The summed E-state index contributed by atoms with van der Waals surface area (Å²) in [6.45, 7) is 5.56. The zero-order valence-corrected chi connectivity index (χ0v) is 12.8. The second-order valence-electron chi connectivity index (χ2n) is 4.58. The minimum absolute atomic E-state index is 0.0248. The van der Waals surface area contributed by atoms with Crippen LogP contribution < -0.4 is 9.47 Å². The Morgan fingerprint density at radius 1 is 1.29 bits per heavy atom. The molecule has 110 valence electrons. The van der Waals surface area contributed by atoms with Crippen molar-refractivity contribution in [3.05, 3.63) is 29.3 Å². The van der Waals surface area contributed by atoms with E-state index in [2.05, 4.69) is 4.98 Å². The predicted octanol–water partition coefficient (Wildman–Crippen LogP) is 3.02. The number of hydrogen-bond acceptors (Lipinski definition) is 5. The highest BCUT2D eigenvalue weighted by molar-refractivity contribution is 7.13. The molecule has 6 heteroatoms. The van der Waals surface area contributed by atoms with Crippen molar-refractivity contribution in [3.8, 4) is 22.1 Å². The van der Waals surface area contributed by atoms with Crippen LogP contribution in [0.2, 0.25) is 0 Å². The molecule has 0 N–H and O–H groups in total. The molecule has 1 aromatic carbocycles. The Balaban J connectivity index is 1.86. The maximum Gasteiger partial charge on any atom is 0.273 e. The molecule has 0 saturated heterocycles. The van der Waals surface area contributed by atoms with Crippen LogP contribution in [0.4, 0.5) is 0 Å². The van der Waals surface area contributed by atoms with Crippen molar-refractivity contribution in [2.75, 3.05) is 19.9 Å². The third kappa shape index (κ3) is 2.58. The molecule has 2 aromatic rings. The lowest BCUT2D eigenvalue weighted by Gasteiger charge is -2.16. The minimum Gasteiger partial charge on any atom is -0.454 e. The molecule has 1 amide bonds. The molecule has 0 spiro atoms. The number of benzene rings is 1. The maximum absolute atomic E-state index is 12.3. The molecule has 0 fully saturated rings. The Bertz CT molecular complexity index is 665. The summed E-state index contributed by atoms with van der Waals surface area (Å²) in [7, 11) is 0. The van der Waals surface area contributed by atoms with E-state index >= 15 is 0 Å². The summed E-state index contributed by atoms with van der Waals surface area (Å²) in [5, 5.41) is 2.62. The fraction of sp³-hybridized carbons (Fsp3) is 0.333. The van der Waals surface area contributed by atoms with Crippen LogP contribution in [0.1, 0.15) is 24.3 Å². The van der Waals surface area contributed by atoms with Crippen LogP contribution in [-0.2, 0) is 0 Å². The molecular formula is C15H16N2O3S. The monoisotopic (exact) mass is 304 g/mol. The van der Waals surface area contributed by atoms with Crippen LogP contribution in [0.3, 0.4) is 0 Å². The first kappa shape index (κ1) is 13.9. The number of fused-ring (bicyclic) bond motifs is 1. The van der Waals surface area contributed by atoms with Crippen LogP contribution in [0, 0.1) is 0 Å². The van der Waals surface area contributed by atoms with E-state index in [0.717, 1.165) is 22.1 Å². The maximum atomic E-state index is 12.3. The average molecular weight is 304 g/mol. The summed E-state index contributed by atoms with van der Waals surface area (Å²) in [6, 6.07) is 5.69. The molecule has 5 nitrogen and oxygen atoms in total. The van der Waals surface area contributed by atoms with Crippen molar-refractivity contribution in [1.82, 2.24) is 9.88 Å². The Morgan fingerprint density at radius 3 is 2.81 bits per heavy atom. The second kappa shape index (κ2) is 5.73. The third-order valence-electron chi connectivity index (χ3n) is 3.39. The molecular weight excluding hydrogens is 288 g/mol. The van der Waals surface area contributed by atoms with Gasteiger partial charge in [-0.15, -0.1) is 11.3 Å². The quantitative estimate of drug-likeness (QED) is 0.871. The molecule has 0 aliphatic carbocycles. The van der Waals surface area contributed by atoms with E-state index in [1.807, 2.05) is 32.0 Å². The van der Waals surface area contributed by atoms with Crippen molar-refractivity contribution in [2.24, 2.45) is 0 Å². The van der Waals surface area contributed by atoms with Crippen molar-refractivity contribution in [3.63, 3.8) is 0 Å². The number of nitrogens with zero attached hydrogens (tertiary/aromatic N) is 2. The zero-order valence-electron chi connectivity index (χ0n) is 12.0. The third-order valence-corrected chi connectivity index (χ3v) is 4.28. The first-order valence-electron chi connectivity index (χ1n) is 6.87. The normalized spacial score (nSPS) is 12.5. The van der Waals surface area contributed by atoms with Gasteiger partial charge in [0, 0.05) is 24.0 Å². The van der Waals surface area contributed by atoms with Crippen molar-refractivity contribution < 1.29 is 14.3 Å². The highest BCUT2D eigenvalue weighted by Gasteiger charge is 2.18. The van der Waals surface area contributed by atoms with Crippen LogP contribution in [0.25, 0.3) is 10.6 Å². The molecule has 1 aliphatic rings. The van der Waals surface area contributed by atoms with Crippen molar-refractivity contribution >= 4 is 17.2 Å². The molecule has 0 saturated carbocycles. The summed E-state index contributed by atoms with van der Waals surface area (Å²) in [5.41, 5.74) is 1.43. The smallest absolute Gasteiger partial charge is 0.273 e. The summed E-state index contributed by atoms with van der Waals surface area (Å²) in [5.74, 6) is 1.44. The largest absolute Gasteiger partial charge is 0.454 e. The van der Waals surface area contributed by atoms with Crippen LogP contribution in [0.15, 0.2) is 23.6 Å². The van der Waals surface area contributed by atoms with Gasteiger partial charge in [0.15, 0.2) is 11.5 Å². The summed E-state index contributed by atoms with van der Waals surface area (Å²) < 4.78 is 10.7. The lowest BCUT2D eigenvalue weighted by Crippen LogP contribution is -2.30. The van der Waals surface area contributed by atoms with Crippen LogP contribution in [0.5, 0.6) is 11.5 Å². The lowest BCUT2D eigenvalue weighted by atomic mass is 10.2. The van der Waals surface area contributed by atoms with Gasteiger partial charge >= 0.3 is 0 Å². The van der Waals surface area contributed by atoms with E-state index in [1.165, 1.54) is 11.3 Å². The summed E-state index contributed by atoms with van der Waals surface area (Å²) in [4.78, 5) is 18.5. The van der Waals surface area contributed by atoms with E-state index in [4.69, 9.17) is 9.47 Å². The molecule has 0 bridgehead atoms. The number of hydrogen-bond donors (Lipinski definition) is 0. The van der Waals surface area contributed by atoms with Gasteiger partial charge in [-0.3, -0.25) is 4.79 Å². The fourth-order valence-corrected chi connectivity index (χ4v) is 3.00. The highest BCUT2D eigenvalue weighted by Crippen LogP contribution is 2.36. The second-order valence-corrected chi connectivity index (χ2v) is 5.44. The topological polar surface area (TPSA) is 51.7 Å². The average Bonchev–Trinajstić information content (AvgIpc) is 3.16. The van der Waals surface area contributed by atoms with Gasteiger partial charge in [0.1, 0.15) is 10.7 Å². The van der Waals surface area contributed by atoms with E-state index in [0.29, 0.717) is 18.8 Å². The molecule has 0 radical (unpaired) electrons. The Labute approximate surface area is 127 Å². The molecule has 21 heavy (non-hydrogen) atoms. The SMILES string of the molecule is CCN(CC)C(=O)c1csc(-c2ccc3c(c2)OCO3)n1. The molecule has 1 aromatic heterocycles. The summed E-state index contributed by atoms with van der Waals surface area (Å²) in [6.07, 6.45) is 0. The minimum atomic E-state index is -0.0248. The first-order valence-corrected chi connectivity index (χ1v) is 7.75. The number of ether oxygens (including phenoxy) is 2. The van der Waals surface area contributed by atoms with Crippen LogP contribution in [-0.4, -0.2) is 35.7 Å². The standard InChI is InChI=1S/C15H16N2O3S/c1-3-17(4-2)15(18)11-8-21-14(16-11)10-5-6-12-13(7-10)20-9-19-12/h5-8H,3-4,9H2,1-2H3. The van der Waals surface area contributed by atoms with Crippen molar-refractivity contribution in [2.45, 2.75) is 13.8 Å². The Morgan fingerprint density at radius 2 is 2.05 bits per heavy atom. The molecule has 3 rings (SSSR count). The van der Waals surface area contributed by atoms with Gasteiger partial charge in [-0.05, 0) is 32.0 Å². The Hall–Kier alpha value is -2.08. The van der Waals surface area contributed by atoms with Gasteiger partial charge in [0.2, 0.25) is 6.79 Å². The molecule has 2 heterocycles. The highest BCUT2D eigenvalue weighted by atomic mass is 32.1. The van der Waals surface area contributed by atoms with Gasteiger partial charge in [-0.2, -0.15) is 0 Å². The predicted molar refractivity (Wildman–Crippen MR) is 80.9 cm³/mol. The van der Waals surface area contributed by atoms with E-state index in [9.17, 15) is 4.79 Å². The van der Waals surface area contributed by atoms with Gasteiger partial charge in [0.05, 0.1) is 0 Å². The number of aromatic nitrogens is 1. The van der Waals surface area contributed by atoms with Crippen molar-refractivity contribution in [1.29, 1.82) is 0 Å². The van der Waals surface area contributed by atoms with Gasteiger partial charge < -0.3 is 14.4 Å². The molecule has 0 atom stereocenters. The lowest BCUT2D eigenvalue weighted by molar-refractivity contribution is 0.0768. The fourth-order valence-electron chi connectivity index (χ4n) is 2.21. The Kier molecular flexibility index (Phi) is 3.79. The first-order chi connectivity index (χ1) is 10.2. The number of rotatable bonds is 4. The summed E-state index contributed by atoms with van der Waals surface area (Å²) >= 11 is 1.46.